The maximum Gasteiger partial charge on any atom is 0.417 e. The Kier molecular flexibility index (Phi) is 6.14. The van der Waals surface area contributed by atoms with E-state index in [1.807, 2.05) is 0 Å². The number of hydrogen-bond donors (Lipinski definition) is 2. The Labute approximate surface area is 211 Å². The second-order valence-electron chi connectivity index (χ2n) is 10.7. The third-order valence-electron chi connectivity index (χ3n) is 7.36. The number of nitrogens with zero attached hydrogens (tertiary/aromatic N) is 3. The number of amides is 1. The van der Waals surface area contributed by atoms with Crippen molar-refractivity contribution in [2.75, 3.05) is 5.32 Å². The molecule has 7 nitrogen and oxygen atoms in total. The minimum absolute atomic E-state index is 0.00194. The molecular weight excluding hydrogens is 493 g/mol. The molecule has 194 valence electrons. The fourth-order valence-corrected chi connectivity index (χ4v) is 6.83. The molecule has 3 fully saturated rings. The lowest BCUT2D eigenvalue weighted by molar-refractivity contribution is -0.137. The standard InChI is InChI=1S/C25H29F3N4O3S/c1-12(2)30-18-8-17(25(26,27)28)16(11-29-18)21-19(23(34)32-14-4-5-15(32)7-6-14)31-22(36-21)20(33)13-9-24(3,35)10-13/h8,11-15,35H,4-7,9-10H2,1-3H3,(H,29,30). The molecule has 1 aliphatic carbocycles. The summed E-state index contributed by atoms with van der Waals surface area (Å²) >= 11 is 0.808. The molecule has 36 heavy (non-hydrogen) atoms. The SMILES string of the molecule is CC(C)Nc1cc(C(F)(F)F)c(-c2sc(C(=O)C3CC(C)(O)C3)nc2C(=O)N2C3CCC2CC3)cn1. The summed E-state index contributed by atoms with van der Waals surface area (Å²) in [6.45, 7) is 5.22. The van der Waals surface area contributed by atoms with Crippen LogP contribution in [-0.2, 0) is 6.18 Å². The summed E-state index contributed by atoms with van der Waals surface area (Å²) in [4.78, 5) is 37.1. The second-order valence-corrected chi connectivity index (χ2v) is 11.7. The van der Waals surface area contributed by atoms with Gasteiger partial charge in [0.1, 0.15) is 11.5 Å². The Balaban J connectivity index is 1.60. The number of nitrogens with one attached hydrogen (secondary N) is 1. The number of anilines is 1. The summed E-state index contributed by atoms with van der Waals surface area (Å²) in [7, 11) is 0. The molecule has 2 aliphatic heterocycles. The van der Waals surface area contributed by atoms with Crippen LogP contribution in [-0.4, -0.2) is 55.4 Å². The minimum atomic E-state index is -4.71. The van der Waals surface area contributed by atoms with Gasteiger partial charge in [0.15, 0.2) is 10.8 Å². The van der Waals surface area contributed by atoms with Crippen LogP contribution in [0.5, 0.6) is 0 Å². The topological polar surface area (TPSA) is 95.4 Å². The lowest BCUT2D eigenvalue weighted by atomic mass is 9.70. The van der Waals surface area contributed by atoms with E-state index in [2.05, 4.69) is 15.3 Å². The second kappa shape index (κ2) is 8.79. The van der Waals surface area contributed by atoms with Gasteiger partial charge in [0.2, 0.25) is 0 Å². The van der Waals surface area contributed by atoms with Crippen LogP contribution in [0.25, 0.3) is 10.4 Å². The Morgan fingerprint density at radius 2 is 1.81 bits per heavy atom. The fourth-order valence-electron chi connectivity index (χ4n) is 5.73. The van der Waals surface area contributed by atoms with Gasteiger partial charge in [-0.1, -0.05) is 0 Å². The van der Waals surface area contributed by atoms with Crippen LogP contribution in [0.3, 0.4) is 0 Å². The fraction of sp³-hybridized carbons (Fsp3) is 0.600. The van der Waals surface area contributed by atoms with Crippen LogP contribution in [0.15, 0.2) is 12.3 Å². The molecule has 1 saturated carbocycles. The van der Waals surface area contributed by atoms with Crippen molar-refractivity contribution in [2.24, 2.45) is 5.92 Å². The molecule has 2 aromatic rings. The van der Waals surface area contributed by atoms with Crippen LogP contribution in [0.2, 0.25) is 0 Å². The number of hydrogen-bond acceptors (Lipinski definition) is 7. The predicted molar refractivity (Wildman–Crippen MR) is 129 cm³/mol. The van der Waals surface area contributed by atoms with Gasteiger partial charge in [-0.25, -0.2) is 9.97 Å². The van der Waals surface area contributed by atoms with Crippen molar-refractivity contribution in [2.45, 2.75) is 89.2 Å². The highest BCUT2D eigenvalue weighted by Gasteiger charge is 2.47. The molecule has 11 heteroatoms. The first kappa shape index (κ1) is 25.1. The van der Waals surface area contributed by atoms with Crippen molar-refractivity contribution >= 4 is 28.8 Å². The Morgan fingerprint density at radius 3 is 2.33 bits per heavy atom. The number of halogens is 3. The number of Topliss-reactive ketones (excluding diaryl/α,β-unsaturated/α-hetero) is 1. The van der Waals surface area contributed by atoms with Crippen LogP contribution < -0.4 is 5.32 Å². The molecule has 0 radical (unpaired) electrons. The molecular formula is C25H29F3N4O3S. The van der Waals surface area contributed by atoms with Gasteiger partial charge in [-0.2, -0.15) is 13.2 Å². The van der Waals surface area contributed by atoms with Gasteiger partial charge in [-0.15, -0.1) is 11.3 Å². The number of pyridine rings is 1. The van der Waals surface area contributed by atoms with E-state index in [1.165, 1.54) is 0 Å². The zero-order valence-corrected chi connectivity index (χ0v) is 21.2. The zero-order valence-electron chi connectivity index (χ0n) is 20.4. The third kappa shape index (κ3) is 4.51. The number of carbonyl (C=O) groups is 2. The lowest BCUT2D eigenvalue weighted by Gasteiger charge is -2.39. The quantitative estimate of drug-likeness (QED) is 0.509. The molecule has 2 aromatic heterocycles. The van der Waals surface area contributed by atoms with Gasteiger partial charge in [0.25, 0.3) is 5.91 Å². The molecule has 2 N–H and O–H groups in total. The van der Waals surface area contributed by atoms with Gasteiger partial charge in [-0.3, -0.25) is 9.59 Å². The van der Waals surface area contributed by atoms with Crippen molar-refractivity contribution < 1.29 is 27.9 Å². The molecule has 0 atom stereocenters. The molecule has 4 heterocycles. The van der Waals surface area contributed by atoms with Gasteiger partial charge >= 0.3 is 6.18 Å². The molecule has 0 aromatic carbocycles. The number of thiazole rings is 1. The highest BCUT2D eigenvalue weighted by Crippen LogP contribution is 2.45. The van der Waals surface area contributed by atoms with Crippen molar-refractivity contribution in [3.63, 3.8) is 0 Å². The van der Waals surface area contributed by atoms with Gasteiger partial charge < -0.3 is 15.3 Å². The Morgan fingerprint density at radius 1 is 1.19 bits per heavy atom. The highest BCUT2D eigenvalue weighted by atomic mass is 32.1. The average Bonchev–Trinajstić information content (AvgIpc) is 3.50. The summed E-state index contributed by atoms with van der Waals surface area (Å²) in [6.07, 6.45) is 0.371. The third-order valence-corrected chi connectivity index (χ3v) is 8.46. The lowest BCUT2D eigenvalue weighted by Crippen LogP contribution is -2.44. The first-order valence-electron chi connectivity index (χ1n) is 12.3. The molecule has 2 bridgehead atoms. The monoisotopic (exact) mass is 522 g/mol. The van der Waals surface area contributed by atoms with Gasteiger partial charge in [0, 0.05) is 35.8 Å². The number of aromatic nitrogens is 2. The van der Waals surface area contributed by atoms with Gasteiger partial charge in [0.05, 0.1) is 16.0 Å². The molecule has 5 rings (SSSR count). The largest absolute Gasteiger partial charge is 0.417 e. The molecule has 1 amide bonds. The predicted octanol–water partition coefficient (Wildman–Crippen LogP) is 5.15. The van der Waals surface area contributed by atoms with Crippen molar-refractivity contribution in [3.8, 4) is 10.4 Å². The van der Waals surface area contributed by atoms with Crippen molar-refractivity contribution in [1.82, 2.24) is 14.9 Å². The number of fused-ring (bicyclic) bond motifs is 2. The summed E-state index contributed by atoms with van der Waals surface area (Å²) in [6, 6.07) is 0.916. The highest BCUT2D eigenvalue weighted by molar-refractivity contribution is 7.17. The first-order chi connectivity index (χ1) is 16.8. The number of carbonyl (C=O) groups excluding carboxylic acids is 2. The summed E-state index contributed by atoms with van der Waals surface area (Å²) in [5.74, 6) is -1.17. The first-order valence-corrected chi connectivity index (χ1v) is 13.1. The Hall–Kier alpha value is -2.53. The maximum absolute atomic E-state index is 14.2. The van der Waals surface area contributed by atoms with Crippen LogP contribution in [0, 0.1) is 5.92 Å². The van der Waals surface area contributed by atoms with E-state index in [4.69, 9.17) is 0 Å². The number of alkyl halides is 3. The number of aliphatic hydroxyl groups is 1. The smallest absolute Gasteiger partial charge is 0.390 e. The summed E-state index contributed by atoms with van der Waals surface area (Å²) in [5, 5.41) is 12.9. The van der Waals surface area contributed by atoms with Crippen LogP contribution in [0.4, 0.5) is 19.0 Å². The van der Waals surface area contributed by atoms with Crippen molar-refractivity contribution in [1.29, 1.82) is 0 Å². The normalized spacial score (nSPS) is 27.4. The van der Waals surface area contributed by atoms with Crippen molar-refractivity contribution in [3.05, 3.63) is 28.5 Å². The zero-order chi connectivity index (χ0) is 26.0. The molecule has 0 unspecified atom stereocenters. The number of ketones is 1. The van der Waals surface area contributed by atoms with E-state index in [1.54, 1.807) is 25.7 Å². The molecule has 3 aliphatic rings. The number of rotatable bonds is 6. The Bertz CT molecular complexity index is 1180. The van der Waals surface area contributed by atoms with Gasteiger partial charge in [-0.05, 0) is 65.4 Å². The average molecular weight is 523 g/mol. The van der Waals surface area contributed by atoms with E-state index in [0.29, 0.717) is 0 Å². The molecule has 2 saturated heterocycles. The molecule has 0 spiro atoms. The van der Waals surface area contributed by atoms with E-state index in [9.17, 15) is 27.9 Å². The summed E-state index contributed by atoms with van der Waals surface area (Å²) < 4.78 is 42.6. The maximum atomic E-state index is 14.2. The van der Waals surface area contributed by atoms with Crippen LogP contribution >= 0.6 is 11.3 Å². The van der Waals surface area contributed by atoms with E-state index >= 15 is 0 Å². The minimum Gasteiger partial charge on any atom is -0.390 e. The van der Waals surface area contributed by atoms with E-state index in [0.717, 1.165) is 49.3 Å². The van der Waals surface area contributed by atoms with E-state index in [-0.39, 0.29) is 63.7 Å². The van der Waals surface area contributed by atoms with E-state index < -0.39 is 29.2 Å². The summed E-state index contributed by atoms with van der Waals surface area (Å²) in [5.41, 5.74) is -2.26. The van der Waals surface area contributed by atoms with Crippen LogP contribution in [0.1, 0.15) is 85.2 Å².